The fourth-order valence-electron chi connectivity index (χ4n) is 3.03. The van der Waals surface area contributed by atoms with E-state index in [9.17, 15) is 9.59 Å². The van der Waals surface area contributed by atoms with E-state index < -0.39 is 11.8 Å². The van der Waals surface area contributed by atoms with Crippen molar-refractivity contribution in [2.45, 2.75) is 0 Å². The Labute approximate surface area is 199 Å². The van der Waals surface area contributed by atoms with E-state index in [0.29, 0.717) is 22.1 Å². The standard InChI is InChI=1S/C24H18ClN3O4S/c25-19-8-4-3-7-18(19)20-11-12-21(32-20)23(30)26-24(33)28-27-22(29)14-31-17-10-9-15-5-1-2-6-16(15)13-17/h1-13H,14H2,(H,27,29)(H2,26,28,30,33). The summed E-state index contributed by atoms with van der Waals surface area (Å²) in [5, 5.41) is 4.91. The van der Waals surface area contributed by atoms with Gasteiger partial charge in [-0.05, 0) is 59.4 Å². The number of amides is 2. The smallest absolute Gasteiger partial charge is 0.293 e. The Bertz CT molecular complexity index is 1340. The van der Waals surface area contributed by atoms with Gasteiger partial charge in [0.15, 0.2) is 17.5 Å². The average molecular weight is 480 g/mol. The molecule has 1 heterocycles. The lowest BCUT2D eigenvalue weighted by molar-refractivity contribution is -0.123. The maximum Gasteiger partial charge on any atom is 0.293 e. The Morgan fingerprint density at radius 2 is 1.67 bits per heavy atom. The Balaban J connectivity index is 1.24. The second-order valence-electron chi connectivity index (χ2n) is 6.90. The van der Waals surface area contributed by atoms with Gasteiger partial charge in [-0.1, -0.05) is 54.1 Å². The summed E-state index contributed by atoms with van der Waals surface area (Å²) < 4.78 is 11.1. The number of carbonyl (C=O) groups excluding carboxylic acids is 2. The number of hydrogen-bond donors (Lipinski definition) is 3. The maximum absolute atomic E-state index is 12.3. The van der Waals surface area contributed by atoms with Gasteiger partial charge in [0.05, 0.1) is 5.02 Å². The van der Waals surface area contributed by atoms with E-state index in [-0.39, 0.29) is 17.5 Å². The fraction of sp³-hybridized carbons (Fsp3) is 0.0417. The molecule has 1 aromatic heterocycles. The highest BCUT2D eigenvalue weighted by molar-refractivity contribution is 7.80. The Hall–Kier alpha value is -3.88. The van der Waals surface area contributed by atoms with Crippen LogP contribution in [0.5, 0.6) is 5.75 Å². The van der Waals surface area contributed by atoms with Crippen LogP contribution in [0.25, 0.3) is 22.1 Å². The number of thiocarbonyl (C=S) groups is 1. The van der Waals surface area contributed by atoms with Crippen molar-refractivity contribution in [1.82, 2.24) is 16.2 Å². The third kappa shape index (κ3) is 5.68. The van der Waals surface area contributed by atoms with Crippen molar-refractivity contribution in [3.05, 3.63) is 89.6 Å². The zero-order valence-corrected chi connectivity index (χ0v) is 18.7. The van der Waals surface area contributed by atoms with Gasteiger partial charge in [0.1, 0.15) is 11.5 Å². The molecule has 0 spiro atoms. The largest absolute Gasteiger partial charge is 0.484 e. The molecular weight excluding hydrogens is 462 g/mol. The molecule has 9 heteroatoms. The highest BCUT2D eigenvalue weighted by Crippen LogP contribution is 2.29. The number of halogens is 1. The van der Waals surface area contributed by atoms with Gasteiger partial charge >= 0.3 is 0 Å². The number of benzene rings is 3. The van der Waals surface area contributed by atoms with Crippen LogP contribution in [0.15, 0.2) is 83.3 Å². The van der Waals surface area contributed by atoms with E-state index in [0.717, 1.165) is 10.8 Å². The van der Waals surface area contributed by atoms with Gasteiger partial charge in [-0.25, -0.2) is 0 Å². The van der Waals surface area contributed by atoms with Crippen molar-refractivity contribution >= 4 is 51.5 Å². The first kappa shape index (κ1) is 22.3. The number of fused-ring (bicyclic) bond motifs is 1. The van der Waals surface area contributed by atoms with Crippen molar-refractivity contribution < 1.29 is 18.7 Å². The van der Waals surface area contributed by atoms with Gasteiger partial charge in [0, 0.05) is 5.56 Å². The van der Waals surface area contributed by atoms with Gasteiger partial charge in [0.25, 0.3) is 11.8 Å². The summed E-state index contributed by atoms with van der Waals surface area (Å²) >= 11 is 11.2. The van der Waals surface area contributed by atoms with Crippen molar-refractivity contribution in [2.75, 3.05) is 6.61 Å². The van der Waals surface area contributed by atoms with Gasteiger partial charge in [0.2, 0.25) is 0 Å². The van der Waals surface area contributed by atoms with Crippen LogP contribution in [0, 0.1) is 0 Å². The molecule has 33 heavy (non-hydrogen) atoms. The minimum absolute atomic E-state index is 0.0417. The minimum atomic E-state index is -0.576. The van der Waals surface area contributed by atoms with Crippen LogP contribution < -0.4 is 20.9 Å². The van der Waals surface area contributed by atoms with E-state index in [1.54, 1.807) is 30.3 Å². The van der Waals surface area contributed by atoms with E-state index >= 15 is 0 Å². The van der Waals surface area contributed by atoms with Crippen LogP contribution in [-0.2, 0) is 4.79 Å². The normalized spacial score (nSPS) is 10.5. The molecule has 3 aromatic carbocycles. The van der Waals surface area contributed by atoms with Crippen LogP contribution in [0.3, 0.4) is 0 Å². The van der Waals surface area contributed by atoms with Crippen LogP contribution in [-0.4, -0.2) is 23.5 Å². The van der Waals surface area contributed by atoms with Crippen molar-refractivity contribution in [3.8, 4) is 17.1 Å². The Morgan fingerprint density at radius 3 is 2.48 bits per heavy atom. The van der Waals surface area contributed by atoms with Crippen LogP contribution in [0.2, 0.25) is 5.02 Å². The topological polar surface area (TPSA) is 92.6 Å². The predicted molar refractivity (Wildman–Crippen MR) is 130 cm³/mol. The van der Waals surface area contributed by atoms with E-state index in [4.69, 9.17) is 33.0 Å². The first-order valence-corrected chi connectivity index (χ1v) is 10.6. The fourth-order valence-corrected chi connectivity index (χ4v) is 3.40. The molecule has 0 aliphatic carbocycles. The van der Waals surface area contributed by atoms with E-state index in [1.165, 1.54) is 6.07 Å². The highest BCUT2D eigenvalue weighted by Gasteiger charge is 2.15. The summed E-state index contributed by atoms with van der Waals surface area (Å²) in [6.45, 7) is -0.235. The molecule has 0 aliphatic heterocycles. The molecule has 4 aromatic rings. The zero-order valence-electron chi connectivity index (χ0n) is 17.1. The molecule has 0 saturated carbocycles. The molecule has 0 unspecified atom stereocenters. The zero-order chi connectivity index (χ0) is 23.2. The van der Waals surface area contributed by atoms with Gasteiger partial charge in [-0.2, -0.15) is 0 Å². The maximum atomic E-state index is 12.3. The summed E-state index contributed by atoms with van der Waals surface area (Å²) in [4.78, 5) is 24.4. The predicted octanol–water partition coefficient (Wildman–Crippen LogP) is 4.47. The molecule has 0 bridgehead atoms. The van der Waals surface area contributed by atoms with Crippen LogP contribution in [0.1, 0.15) is 10.6 Å². The van der Waals surface area contributed by atoms with Crippen molar-refractivity contribution in [2.24, 2.45) is 0 Å². The summed E-state index contributed by atoms with van der Waals surface area (Å²) in [5.41, 5.74) is 5.49. The van der Waals surface area contributed by atoms with Gasteiger partial charge < -0.3 is 9.15 Å². The van der Waals surface area contributed by atoms with Crippen LogP contribution in [0.4, 0.5) is 0 Å². The van der Waals surface area contributed by atoms with E-state index in [1.807, 2.05) is 42.5 Å². The molecule has 2 amide bonds. The average Bonchev–Trinajstić information content (AvgIpc) is 3.32. The summed E-state index contributed by atoms with van der Waals surface area (Å²) in [7, 11) is 0. The van der Waals surface area contributed by atoms with Crippen molar-refractivity contribution in [1.29, 1.82) is 0 Å². The second-order valence-corrected chi connectivity index (χ2v) is 7.71. The summed E-state index contributed by atoms with van der Waals surface area (Å²) in [6, 6.07) is 23.6. The monoisotopic (exact) mass is 479 g/mol. The number of hydrogen-bond acceptors (Lipinski definition) is 5. The summed E-state index contributed by atoms with van der Waals surface area (Å²) in [5.74, 6) is 0.00176. The number of hydrazine groups is 1. The quantitative estimate of drug-likeness (QED) is 0.289. The number of nitrogens with one attached hydrogen (secondary N) is 3. The lowest BCUT2D eigenvalue weighted by atomic mass is 10.1. The minimum Gasteiger partial charge on any atom is -0.484 e. The molecule has 0 atom stereocenters. The number of ether oxygens (including phenoxy) is 1. The number of furan rings is 1. The molecule has 7 nitrogen and oxygen atoms in total. The molecule has 0 aliphatic rings. The molecule has 0 radical (unpaired) electrons. The van der Waals surface area contributed by atoms with Gasteiger partial charge in [-0.3, -0.25) is 25.8 Å². The molecule has 166 valence electrons. The Morgan fingerprint density at radius 1 is 0.909 bits per heavy atom. The van der Waals surface area contributed by atoms with Gasteiger partial charge in [-0.15, -0.1) is 0 Å². The molecule has 4 rings (SSSR count). The van der Waals surface area contributed by atoms with Crippen molar-refractivity contribution in [3.63, 3.8) is 0 Å². The lowest BCUT2D eigenvalue weighted by Gasteiger charge is -2.11. The Kier molecular flexibility index (Phi) is 6.87. The molecule has 3 N–H and O–H groups in total. The third-order valence-corrected chi connectivity index (χ3v) is 5.14. The molecule has 0 saturated heterocycles. The van der Waals surface area contributed by atoms with E-state index in [2.05, 4.69) is 16.2 Å². The first-order valence-electron chi connectivity index (χ1n) is 9.86. The number of rotatable bonds is 5. The SMILES string of the molecule is O=C(COc1ccc2ccccc2c1)NNC(=S)NC(=O)c1ccc(-c2ccccc2Cl)o1. The molecule has 0 fully saturated rings. The number of carbonyl (C=O) groups is 2. The highest BCUT2D eigenvalue weighted by atomic mass is 35.5. The first-order chi connectivity index (χ1) is 16.0. The van der Waals surface area contributed by atoms with Crippen LogP contribution >= 0.6 is 23.8 Å². The lowest BCUT2D eigenvalue weighted by Crippen LogP contribution is -2.49. The summed E-state index contributed by atoms with van der Waals surface area (Å²) in [6.07, 6.45) is 0. The third-order valence-electron chi connectivity index (χ3n) is 4.60. The second kappa shape index (κ2) is 10.2. The molecular formula is C24H18ClN3O4S.